The molecule has 0 saturated carbocycles. The fourth-order valence-electron chi connectivity index (χ4n) is 5.11. The molecule has 0 atom stereocenters. The number of aryl methyl sites for hydroxylation is 1. The van der Waals surface area contributed by atoms with Crippen LogP contribution in [0.15, 0.2) is 124 Å². The SMILES string of the molecule is Cc1cc(OCc2ccccc2)c2c(=O)c(O)c(-c3ccc(OCc4ccccc4)c(OCc4ccccc4)c3C)oc2c1. The van der Waals surface area contributed by atoms with Gasteiger partial charge in [0.15, 0.2) is 17.3 Å². The Bertz CT molecular complexity index is 1950. The van der Waals surface area contributed by atoms with Crippen molar-refractivity contribution in [2.24, 2.45) is 0 Å². The second-order valence-corrected chi connectivity index (χ2v) is 10.6. The van der Waals surface area contributed by atoms with E-state index in [4.69, 9.17) is 18.6 Å². The highest BCUT2D eigenvalue weighted by molar-refractivity contribution is 5.88. The molecule has 0 aliphatic heterocycles. The van der Waals surface area contributed by atoms with Gasteiger partial charge in [-0.25, -0.2) is 0 Å². The fraction of sp³-hybridized carbons (Fsp3) is 0.132. The van der Waals surface area contributed by atoms with Crippen LogP contribution in [0.3, 0.4) is 0 Å². The summed E-state index contributed by atoms with van der Waals surface area (Å²) in [7, 11) is 0. The summed E-state index contributed by atoms with van der Waals surface area (Å²) in [6, 6.07) is 36.5. The van der Waals surface area contributed by atoms with Gasteiger partial charge in [0.05, 0.1) is 0 Å². The first-order valence-electron chi connectivity index (χ1n) is 14.4. The molecule has 6 heteroatoms. The van der Waals surface area contributed by atoms with Crippen LogP contribution in [0.25, 0.3) is 22.3 Å². The van der Waals surface area contributed by atoms with E-state index in [1.54, 1.807) is 24.3 Å². The number of rotatable bonds is 10. The Hall–Kier alpha value is -5.49. The van der Waals surface area contributed by atoms with Crippen LogP contribution >= 0.6 is 0 Å². The zero-order valence-corrected chi connectivity index (χ0v) is 24.6. The first-order chi connectivity index (χ1) is 21.5. The van der Waals surface area contributed by atoms with Crippen molar-refractivity contribution in [2.45, 2.75) is 33.7 Å². The van der Waals surface area contributed by atoms with Crippen LogP contribution in [0.4, 0.5) is 0 Å². The molecule has 44 heavy (non-hydrogen) atoms. The topological polar surface area (TPSA) is 78.1 Å². The molecule has 6 nitrogen and oxygen atoms in total. The smallest absolute Gasteiger partial charge is 0.238 e. The van der Waals surface area contributed by atoms with E-state index in [0.717, 1.165) is 22.3 Å². The Labute approximate surface area is 255 Å². The van der Waals surface area contributed by atoms with Crippen molar-refractivity contribution in [3.05, 3.63) is 153 Å². The van der Waals surface area contributed by atoms with E-state index in [1.807, 2.05) is 105 Å². The summed E-state index contributed by atoms with van der Waals surface area (Å²) in [5.41, 5.74) is 4.75. The molecule has 1 N–H and O–H groups in total. The lowest BCUT2D eigenvalue weighted by Gasteiger charge is -2.18. The number of hydrogen-bond donors (Lipinski definition) is 1. The zero-order valence-electron chi connectivity index (χ0n) is 24.6. The highest BCUT2D eigenvalue weighted by atomic mass is 16.5. The van der Waals surface area contributed by atoms with Gasteiger partial charge in [0.25, 0.3) is 0 Å². The Morgan fingerprint density at radius 1 is 0.636 bits per heavy atom. The highest BCUT2D eigenvalue weighted by Gasteiger charge is 2.23. The van der Waals surface area contributed by atoms with E-state index in [0.29, 0.717) is 47.2 Å². The van der Waals surface area contributed by atoms with Gasteiger partial charge >= 0.3 is 0 Å². The Morgan fingerprint density at radius 2 is 1.16 bits per heavy atom. The summed E-state index contributed by atoms with van der Waals surface area (Å²) in [6.45, 7) is 4.69. The van der Waals surface area contributed by atoms with Gasteiger partial charge in [-0.2, -0.15) is 0 Å². The molecule has 0 unspecified atom stereocenters. The van der Waals surface area contributed by atoms with Crippen molar-refractivity contribution in [3.63, 3.8) is 0 Å². The predicted molar refractivity (Wildman–Crippen MR) is 171 cm³/mol. The zero-order chi connectivity index (χ0) is 30.5. The number of ether oxygens (including phenoxy) is 3. The van der Waals surface area contributed by atoms with Crippen molar-refractivity contribution in [2.75, 3.05) is 0 Å². The summed E-state index contributed by atoms with van der Waals surface area (Å²) in [5.74, 6) is 0.953. The van der Waals surface area contributed by atoms with Gasteiger partial charge in [0.1, 0.15) is 36.5 Å². The van der Waals surface area contributed by atoms with E-state index < -0.39 is 11.2 Å². The Balaban J connectivity index is 1.40. The molecule has 0 bridgehead atoms. The van der Waals surface area contributed by atoms with E-state index in [-0.39, 0.29) is 17.8 Å². The summed E-state index contributed by atoms with van der Waals surface area (Å²) >= 11 is 0. The molecule has 0 radical (unpaired) electrons. The van der Waals surface area contributed by atoms with Crippen LogP contribution in [-0.2, 0) is 19.8 Å². The maximum Gasteiger partial charge on any atom is 0.238 e. The van der Waals surface area contributed by atoms with Gasteiger partial charge in [-0.3, -0.25) is 4.79 Å². The van der Waals surface area contributed by atoms with Crippen molar-refractivity contribution >= 4 is 11.0 Å². The van der Waals surface area contributed by atoms with Crippen molar-refractivity contribution in [1.29, 1.82) is 0 Å². The monoisotopic (exact) mass is 584 g/mol. The molecule has 0 saturated heterocycles. The average Bonchev–Trinajstić information content (AvgIpc) is 3.05. The van der Waals surface area contributed by atoms with Crippen molar-refractivity contribution < 1.29 is 23.7 Å². The minimum Gasteiger partial charge on any atom is -0.502 e. The molecule has 0 amide bonds. The number of hydrogen-bond acceptors (Lipinski definition) is 6. The molecule has 0 aliphatic rings. The largest absolute Gasteiger partial charge is 0.502 e. The standard InChI is InChI=1S/C38H32O6/c1-25-20-32(42-23-28-14-8-4-9-15-28)34-33(21-25)44-38(36(40)35(34)39)30-18-19-31(41-22-27-12-6-3-7-13-27)37(26(30)2)43-24-29-16-10-5-11-17-29/h3-21,40H,22-24H2,1-2H3. The average molecular weight is 585 g/mol. The minimum absolute atomic E-state index is 0.0544. The lowest BCUT2D eigenvalue weighted by Crippen LogP contribution is -2.07. The maximum absolute atomic E-state index is 13.7. The number of aromatic hydroxyl groups is 1. The van der Waals surface area contributed by atoms with Gasteiger partial charge in [-0.05, 0) is 60.4 Å². The van der Waals surface area contributed by atoms with E-state index >= 15 is 0 Å². The number of fused-ring (bicyclic) bond motifs is 1. The molecule has 1 aromatic heterocycles. The normalized spacial score (nSPS) is 11.0. The molecular weight excluding hydrogens is 552 g/mol. The first-order valence-corrected chi connectivity index (χ1v) is 14.4. The molecule has 1 heterocycles. The van der Waals surface area contributed by atoms with Crippen molar-refractivity contribution in [1.82, 2.24) is 0 Å². The summed E-state index contributed by atoms with van der Waals surface area (Å²) in [4.78, 5) is 13.7. The van der Waals surface area contributed by atoms with Crippen LogP contribution in [0.2, 0.25) is 0 Å². The lowest BCUT2D eigenvalue weighted by molar-refractivity contribution is 0.254. The van der Waals surface area contributed by atoms with Crippen LogP contribution in [0.5, 0.6) is 23.0 Å². The van der Waals surface area contributed by atoms with Crippen LogP contribution in [0.1, 0.15) is 27.8 Å². The van der Waals surface area contributed by atoms with E-state index in [9.17, 15) is 9.90 Å². The quantitative estimate of drug-likeness (QED) is 0.174. The van der Waals surface area contributed by atoms with E-state index in [2.05, 4.69) is 0 Å². The number of benzene rings is 5. The summed E-state index contributed by atoms with van der Waals surface area (Å²) in [6.07, 6.45) is 0. The van der Waals surface area contributed by atoms with Gasteiger partial charge < -0.3 is 23.7 Å². The third kappa shape index (κ3) is 6.15. The summed E-state index contributed by atoms with van der Waals surface area (Å²) < 4.78 is 24.9. The molecule has 0 aliphatic carbocycles. The fourth-order valence-corrected chi connectivity index (χ4v) is 5.11. The van der Waals surface area contributed by atoms with Gasteiger partial charge in [-0.1, -0.05) is 91.0 Å². The molecular formula is C38H32O6. The second-order valence-electron chi connectivity index (χ2n) is 10.6. The van der Waals surface area contributed by atoms with Crippen LogP contribution in [0, 0.1) is 13.8 Å². The molecule has 220 valence electrons. The first kappa shape index (κ1) is 28.6. The van der Waals surface area contributed by atoms with Crippen LogP contribution in [-0.4, -0.2) is 5.11 Å². The molecule has 0 spiro atoms. The summed E-state index contributed by atoms with van der Waals surface area (Å²) in [5, 5.41) is 11.4. The van der Waals surface area contributed by atoms with E-state index in [1.165, 1.54) is 0 Å². The van der Waals surface area contributed by atoms with Gasteiger partial charge in [-0.15, -0.1) is 0 Å². The third-order valence-electron chi connectivity index (χ3n) is 7.39. The third-order valence-corrected chi connectivity index (χ3v) is 7.39. The lowest BCUT2D eigenvalue weighted by atomic mass is 10.0. The molecule has 0 fully saturated rings. The predicted octanol–water partition coefficient (Wildman–Crippen LogP) is 8.52. The van der Waals surface area contributed by atoms with Crippen LogP contribution < -0.4 is 19.6 Å². The molecule has 6 aromatic rings. The Morgan fingerprint density at radius 3 is 1.73 bits per heavy atom. The van der Waals surface area contributed by atoms with Crippen molar-refractivity contribution in [3.8, 4) is 34.3 Å². The maximum atomic E-state index is 13.7. The highest BCUT2D eigenvalue weighted by Crippen LogP contribution is 2.42. The molecule has 6 rings (SSSR count). The Kier molecular flexibility index (Phi) is 8.32. The van der Waals surface area contributed by atoms with Gasteiger partial charge in [0.2, 0.25) is 11.2 Å². The second kappa shape index (κ2) is 12.8. The minimum atomic E-state index is -0.570. The van der Waals surface area contributed by atoms with Gasteiger partial charge in [0, 0.05) is 11.1 Å². The molecule has 5 aromatic carbocycles.